The Morgan fingerprint density at radius 3 is 2.79 bits per heavy atom. The van der Waals surface area contributed by atoms with Crippen LogP contribution in [0.4, 0.5) is 0 Å². The maximum absolute atomic E-state index is 12.8. The molecule has 0 aromatic carbocycles. The minimum absolute atomic E-state index is 0.182. The van der Waals surface area contributed by atoms with Gasteiger partial charge in [0, 0.05) is 11.8 Å². The summed E-state index contributed by atoms with van der Waals surface area (Å²) in [6.45, 7) is 8.71. The average molecular weight is 397 g/mol. The van der Waals surface area contributed by atoms with Crippen LogP contribution in [0.3, 0.4) is 0 Å². The van der Waals surface area contributed by atoms with Gasteiger partial charge in [-0.25, -0.2) is 4.79 Å². The lowest BCUT2D eigenvalue weighted by Gasteiger charge is -2.55. The molecule has 4 heteroatoms. The SMILES string of the molecule is CC1=C[C@@H]2C[C@](C)(CCCc3ccoc3)OC3=C(C)C(=O)O[C@]32[C@H]2[C@H](C)CC[C@H]12. The number of esters is 1. The van der Waals surface area contributed by atoms with E-state index in [-0.39, 0.29) is 17.5 Å². The Morgan fingerprint density at radius 2 is 2.03 bits per heavy atom. The Kier molecular flexibility index (Phi) is 4.27. The van der Waals surface area contributed by atoms with Crippen molar-refractivity contribution in [3.8, 4) is 0 Å². The molecule has 1 spiro atoms. The van der Waals surface area contributed by atoms with Gasteiger partial charge in [-0.1, -0.05) is 18.6 Å². The number of ether oxygens (including phenoxy) is 2. The van der Waals surface area contributed by atoms with E-state index in [0.717, 1.165) is 31.4 Å². The summed E-state index contributed by atoms with van der Waals surface area (Å²) in [5.41, 5.74) is 2.53. The van der Waals surface area contributed by atoms with Crippen LogP contribution in [0.15, 0.2) is 46.0 Å². The number of allylic oxidation sites excluding steroid dienone is 1. The van der Waals surface area contributed by atoms with Crippen molar-refractivity contribution in [3.63, 3.8) is 0 Å². The molecule has 3 heterocycles. The van der Waals surface area contributed by atoms with Crippen molar-refractivity contribution in [2.75, 3.05) is 0 Å². The first-order chi connectivity index (χ1) is 13.8. The van der Waals surface area contributed by atoms with Crippen LogP contribution in [0, 0.1) is 23.7 Å². The second-order valence-corrected chi connectivity index (χ2v) is 10.1. The number of rotatable bonds is 4. The van der Waals surface area contributed by atoms with E-state index in [0.29, 0.717) is 23.3 Å². The van der Waals surface area contributed by atoms with Gasteiger partial charge in [0.1, 0.15) is 5.60 Å². The molecule has 0 N–H and O–H groups in total. The van der Waals surface area contributed by atoms with E-state index in [1.165, 1.54) is 24.0 Å². The van der Waals surface area contributed by atoms with Gasteiger partial charge in [0.05, 0.1) is 18.1 Å². The third-order valence-corrected chi connectivity index (χ3v) is 8.09. The number of carbonyl (C=O) groups is 1. The highest BCUT2D eigenvalue weighted by molar-refractivity contribution is 5.92. The third kappa shape index (κ3) is 2.74. The highest BCUT2D eigenvalue weighted by atomic mass is 16.6. The van der Waals surface area contributed by atoms with Gasteiger partial charge in [0.2, 0.25) is 0 Å². The van der Waals surface area contributed by atoms with Gasteiger partial charge in [0.25, 0.3) is 0 Å². The molecule has 2 aliphatic carbocycles. The fourth-order valence-electron chi connectivity index (χ4n) is 6.74. The molecule has 4 aliphatic rings. The van der Waals surface area contributed by atoms with Crippen LogP contribution in [-0.2, 0) is 20.7 Å². The van der Waals surface area contributed by atoms with E-state index in [4.69, 9.17) is 13.9 Å². The van der Waals surface area contributed by atoms with Crippen LogP contribution in [0.25, 0.3) is 0 Å². The number of furan rings is 1. The molecule has 29 heavy (non-hydrogen) atoms. The van der Waals surface area contributed by atoms with Gasteiger partial charge in [-0.3, -0.25) is 0 Å². The Balaban J connectivity index is 1.48. The first-order valence-corrected chi connectivity index (χ1v) is 11.2. The van der Waals surface area contributed by atoms with Crippen LogP contribution in [0.1, 0.15) is 65.4 Å². The molecule has 156 valence electrons. The van der Waals surface area contributed by atoms with Crippen molar-refractivity contribution < 1.29 is 18.7 Å². The molecule has 1 aromatic rings. The molecule has 1 aromatic heterocycles. The first kappa shape index (κ1) is 19.0. The predicted molar refractivity (Wildman–Crippen MR) is 110 cm³/mol. The summed E-state index contributed by atoms with van der Waals surface area (Å²) >= 11 is 0. The second-order valence-electron chi connectivity index (χ2n) is 10.1. The van der Waals surface area contributed by atoms with Crippen LogP contribution < -0.4 is 0 Å². The highest BCUT2D eigenvalue weighted by Gasteiger charge is 2.67. The summed E-state index contributed by atoms with van der Waals surface area (Å²) in [6, 6.07) is 2.03. The zero-order valence-corrected chi connectivity index (χ0v) is 18.0. The molecule has 6 atom stereocenters. The molecule has 1 saturated heterocycles. The lowest BCUT2D eigenvalue weighted by Crippen LogP contribution is -2.59. The smallest absolute Gasteiger partial charge is 0.338 e. The Hall–Kier alpha value is -1.97. The maximum atomic E-state index is 12.8. The van der Waals surface area contributed by atoms with Gasteiger partial charge in [-0.05, 0) is 82.8 Å². The number of carbonyl (C=O) groups excluding carboxylic acids is 1. The topological polar surface area (TPSA) is 48.7 Å². The molecule has 4 nitrogen and oxygen atoms in total. The summed E-state index contributed by atoms with van der Waals surface area (Å²) in [4.78, 5) is 12.8. The summed E-state index contributed by atoms with van der Waals surface area (Å²) in [6.07, 6.45) is 12.2. The molecular formula is C25H32O4. The minimum Gasteiger partial charge on any atom is -0.487 e. The molecule has 0 bridgehead atoms. The highest BCUT2D eigenvalue weighted by Crippen LogP contribution is 2.63. The molecule has 0 unspecified atom stereocenters. The molecule has 2 aliphatic heterocycles. The fourth-order valence-corrected chi connectivity index (χ4v) is 6.74. The average Bonchev–Trinajstić information content (AvgIpc) is 3.37. The van der Waals surface area contributed by atoms with Crippen molar-refractivity contribution >= 4 is 5.97 Å². The quantitative estimate of drug-likeness (QED) is 0.492. The molecule has 0 amide bonds. The van der Waals surface area contributed by atoms with Crippen LogP contribution in [-0.4, -0.2) is 17.2 Å². The number of aryl methyl sites for hydroxylation is 1. The van der Waals surface area contributed by atoms with Gasteiger partial charge in [-0.15, -0.1) is 0 Å². The largest absolute Gasteiger partial charge is 0.487 e. The van der Waals surface area contributed by atoms with Crippen molar-refractivity contribution in [1.82, 2.24) is 0 Å². The minimum atomic E-state index is -0.578. The van der Waals surface area contributed by atoms with E-state index >= 15 is 0 Å². The summed E-state index contributed by atoms with van der Waals surface area (Å²) in [5, 5.41) is 0. The lowest BCUT2D eigenvalue weighted by atomic mass is 9.59. The Morgan fingerprint density at radius 1 is 1.21 bits per heavy atom. The zero-order valence-electron chi connectivity index (χ0n) is 18.0. The molecular weight excluding hydrogens is 364 g/mol. The van der Waals surface area contributed by atoms with Gasteiger partial charge < -0.3 is 13.9 Å². The number of hydrogen-bond acceptors (Lipinski definition) is 4. The van der Waals surface area contributed by atoms with E-state index < -0.39 is 5.60 Å². The molecule has 0 radical (unpaired) electrons. The van der Waals surface area contributed by atoms with Gasteiger partial charge >= 0.3 is 5.97 Å². The van der Waals surface area contributed by atoms with Crippen molar-refractivity contribution in [2.45, 2.75) is 77.4 Å². The lowest BCUT2D eigenvalue weighted by molar-refractivity contribution is -0.190. The Bertz CT molecular complexity index is 879. The molecule has 1 saturated carbocycles. The maximum Gasteiger partial charge on any atom is 0.338 e. The van der Waals surface area contributed by atoms with Crippen molar-refractivity contribution in [1.29, 1.82) is 0 Å². The monoisotopic (exact) mass is 396 g/mol. The molecule has 5 rings (SSSR count). The predicted octanol–water partition coefficient (Wildman–Crippen LogP) is 5.59. The Labute approximate surface area is 173 Å². The van der Waals surface area contributed by atoms with E-state index in [9.17, 15) is 4.79 Å². The van der Waals surface area contributed by atoms with E-state index in [2.05, 4.69) is 26.8 Å². The van der Waals surface area contributed by atoms with Crippen LogP contribution >= 0.6 is 0 Å². The van der Waals surface area contributed by atoms with Crippen LogP contribution in [0.5, 0.6) is 0 Å². The summed E-state index contributed by atoms with van der Waals surface area (Å²) < 4.78 is 18.2. The summed E-state index contributed by atoms with van der Waals surface area (Å²) in [5.74, 6) is 2.24. The third-order valence-electron chi connectivity index (χ3n) is 8.09. The fraction of sp³-hybridized carbons (Fsp3) is 0.640. The molecule has 2 fully saturated rings. The summed E-state index contributed by atoms with van der Waals surface area (Å²) in [7, 11) is 0. The van der Waals surface area contributed by atoms with Crippen molar-refractivity contribution in [2.24, 2.45) is 23.7 Å². The number of hydrogen-bond donors (Lipinski definition) is 0. The van der Waals surface area contributed by atoms with Crippen LogP contribution in [0.2, 0.25) is 0 Å². The van der Waals surface area contributed by atoms with Crippen molar-refractivity contribution in [3.05, 3.63) is 47.1 Å². The number of fused-ring (bicyclic) bond motifs is 1. The van der Waals surface area contributed by atoms with E-state index in [1.807, 2.05) is 19.3 Å². The van der Waals surface area contributed by atoms with E-state index in [1.54, 1.807) is 6.26 Å². The normalized spacial score (nSPS) is 40.7. The van der Waals surface area contributed by atoms with Gasteiger partial charge in [0.15, 0.2) is 11.4 Å². The van der Waals surface area contributed by atoms with Gasteiger partial charge in [-0.2, -0.15) is 0 Å². The second kappa shape index (κ2) is 6.52. The first-order valence-electron chi connectivity index (χ1n) is 11.2. The standard InChI is InChI=1S/C25H32O4/c1-15-7-8-20-16(2)12-19-13-24(4,10-5-6-18-9-11-27-14-18)28-22-17(3)23(26)29-25(19,22)21(15)20/h9,11-12,14-15,19-21H,5-8,10,13H2,1-4H3/t15-,19-,20-,21+,24+,25-/m1/s1. The zero-order chi connectivity index (χ0) is 20.4.